The summed E-state index contributed by atoms with van der Waals surface area (Å²) in [5, 5.41) is 4.23. The van der Waals surface area contributed by atoms with Gasteiger partial charge in [-0.3, -0.25) is 0 Å². The van der Waals surface area contributed by atoms with Crippen LogP contribution in [0.5, 0.6) is 5.75 Å². The van der Waals surface area contributed by atoms with Crippen LogP contribution in [0.4, 0.5) is 0 Å². The number of rotatable bonds is 4. The molecule has 1 aliphatic heterocycles. The van der Waals surface area contributed by atoms with Crippen molar-refractivity contribution in [1.82, 2.24) is 5.32 Å². The zero-order chi connectivity index (χ0) is 12.1. The molecule has 102 valence electrons. The van der Waals surface area contributed by atoms with Crippen LogP contribution in [-0.2, 0) is 0 Å². The summed E-state index contributed by atoms with van der Waals surface area (Å²) in [5.41, 5.74) is 1.07. The zero-order valence-electron chi connectivity index (χ0n) is 10.7. The van der Waals surface area contributed by atoms with Gasteiger partial charge in [-0.1, -0.05) is 11.6 Å². The van der Waals surface area contributed by atoms with Crippen molar-refractivity contribution in [2.75, 3.05) is 19.7 Å². The van der Waals surface area contributed by atoms with Gasteiger partial charge in [0.25, 0.3) is 0 Å². The Bertz CT molecular complexity index is 365. The van der Waals surface area contributed by atoms with Crippen molar-refractivity contribution >= 4 is 24.0 Å². The van der Waals surface area contributed by atoms with E-state index in [0.717, 1.165) is 41.8 Å². The monoisotopic (exact) mass is 289 g/mol. The molecule has 1 saturated heterocycles. The van der Waals surface area contributed by atoms with Crippen LogP contribution in [0.1, 0.15) is 24.8 Å². The van der Waals surface area contributed by atoms with Gasteiger partial charge in [0.2, 0.25) is 0 Å². The van der Waals surface area contributed by atoms with Gasteiger partial charge in [-0.25, -0.2) is 0 Å². The molecule has 2 rings (SSSR count). The number of nitrogens with one attached hydrogen (secondary N) is 1. The Morgan fingerprint density at radius 2 is 2.28 bits per heavy atom. The minimum Gasteiger partial charge on any atom is -0.494 e. The molecule has 4 heteroatoms. The average molecular weight is 290 g/mol. The molecule has 0 bridgehead atoms. The molecule has 1 aliphatic rings. The summed E-state index contributed by atoms with van der Waals surface area (Å²) in [6.45, 7) is 5.12. The lowest BCUT2D eigenvalue weighted by molar-refractivity contribution is 0.254. The summed E-state index contributed by atoms with van der Waals surface area (Å²) in [6.07, 6.45) is 3.76. The maximum absolute atomic E-state index is 5.97. The minimum absolute atomic E-state index is 0. The van der Waals surface area contributed by atoms with Crippen LogP contribution < -0.4 is 10.1 Å². The van der Waals surface area contributed by atoms with Gasteiger partial charge in [-0.15, -0.1) is 12.4 Å². The Hall–Kier alpha value is -0.440. The van der Waals surface area contributed by atoms with Crippen LogP contribution in [0.3, 0.4) is 0 Å². The highest BCUT2D eigenvalue weighted by atomic mass is 35.5. The Kier molecular flexibility index (Phi) is 6.83. The van der Waals surface area contributed by atoms with Gasteiger partial charge in [0, 0.05) is 5.02 Å². The van der Waals surface area contributed by atoms with Crippen molar-refractivity contribution in [3.8, 4) is 5.75 Å². The van der Waals surface area contributed by atoms with Gasteiger partial charge in [0.1, 0.15) is 5.75 Å². The highest BCUT2D eigenvalue weighted by Crippen LogP contribution is 2.22. The normalized spacial score (nSPS) is 19.1. The van der Waals surface area contributed by atoms with Crippen molar-refractivity contribution < 1.29 is 4.74 Å². The first kappa shape index (κ1) is 15.6. The van der Waals surface area contributed by atoms with Crippen LogP contribution in [0, 0.1) is 12.8 Å². The fourth-order valence-electron chi connectivity index (χ4n) is 2.22. The van der Waals surface area contributed by atoms with E-state index in [4.69, 9.17) is 16.3 Å². The summed E-state index contributed by atoms with van der Waals surface area (Å²) in [7, 11) is 0. The molecule has 1 unspecified atom stereocenters. The Morgan fingerprint density at radius 1 is 1.44 bits per heavy atom. The van der Waals surface area contributed by atoms with Gasteiger partial charge >= 0.3 is 0 Å². The number of hydrogen-bond acceptors (Lipinski definition) is 2. The molecule has 1 aromatic rings. The lowest BCUT2D eigenvalue weighted by Gasteiger charge is -2.22. The van der Waals surface area contributed by atoms with Crippen LogP contribution in [0.2, 0.25) is 5.02 Å². The lowest BCUT2D eigenvalue weighted by Crippen LogP contribution is -2.30. The molecule has 1 heterocycles. The smallest absolute Gasteiger partial charge is 0.119 e. The van der Waals surface area contributed by atoms with Crippen molar-refractivity contribution in [3.05, 3.63) is 28.8 Å². The van der Waals surface area contributed by atoms with Crippen molar-refractivity contribution in [2.45, 2.75) is 26.2 Å². The fourth-order valence-corrected chi connectivity index (χ4v) is 2.34. The van der Waals surface area contributed by atoms with Gasteiger partial charge in [-0.2, -0.15) is 0 Å². The van der Waals surface area contributed by atoms with Crippen molar-refractivity contribution in [1.29, 1.82) is 0 Å². The average Bonchev–Trinajstić information content (AvgIpc) is 2.35. The first-order valence-corrected chi connectivity index (χ1v) is 6.73. The molecule has 0 radical (unpaired) electrons. The number of ether oxygens (including phenoxy) is 1. The Morgan fingerprint density at radius 3 is 2.94 bits per heavy atom. The predicted octanol–water partition coefficient (Wildman–Crippen LogP) is 3.84. The van der Waals surface area contributed by atoms with E-state index in [0.29, 0.717) is 0 Å². The molecule has 1 aromatic carbocycles. The maximum Gasteiger partial charge on any atom is 0.119 e. The fraction of sp³-hybridized carbons (Fsp3) is 0.571. The number of piperidine rings is 1. The van der Waals surface area contributed by atoms with E-state index in [1.54, 1.807) is 0 Å². The topological polar surface area (TPSA) is 21.3 Å². The van der Waals surface area contributed by atoms with E-state index >= 15 is 0 Å². The third-order valence-corrected chi connectivity index (χ3v) is 3.75. The van der Waals surface area contributed by atoms with E-state index < -0.39 is 0 Å². The Balaban J connectivity index is 0.00000162. The summed E-state index contributed by atoms with van der Waals surface area (Å²) in [6, 6.07) is 5.84. The second kappa shape index (κ2) is 7.88. The number of halogens is 2. The third kappa shape index (κ3) is 4.68. The summed E-state index contributed by atoms with van der Waals surface area (Å²) >= 11 is 5.97. The molecule has 1 atom stereocenters. The Labute approximate surface area is 120 Å². The maximum atomic E-state index is 5.97. The first-order valence-electron chi connectivity index (χ1n) is 6.35. The molecule has 1 fully saturated rings. The molecule has 18 heavy (non-hydrogen) atoms. The van der Waals surface area contributed by atoms with E-state index in [9.17, 15) is 0 Å². The predicted molar refractivity (Wildman–Crippen MR) is 79.1 cm³/mol. The molecule has 2 nitrogen and oxygen atoms in total. The molecule has 0 aromatic heterocycles. The zero-order valence-corrected chi connectivity index (χ0v) is 12.3. The van der Waals surface area contributed by atoms with Gasteiger partial charge < -0.3 is 10.1 Å². The molecule has 0 spiro atoms. The molecule has 1 N–H and O–H groups in total. The molecular formula is C14H21Cl2NO. The van der Waals surface area contributed by atoms with Gasteiger partial charge in [-0.05, 0) is 69.0 Å². The SMILES string of the molecule is Cc1cc(OCCC2CCCNC2)ccc1Cl.Cl. The van der Waals surface area contributed by atoms with Crippen molar-refractivity contribution in [3.63, 3.8) is 0 Å². The van der Waals surface area contributed by atoms with Crippen LogP contribution in [0.15, 0.2) is 18.2 Å². The summed E-state index contributed by atoms with van der Waals surface area (Å²) < 4.78 is 5.76. The number of aryl methyl sites for hydroxylation is 1. The van der Waals surface area contributed by atoms with E-state index in [2.05, 4.69) is 5.32 Å². The molecular weight excluding hydrogens is 269 g/mol. The second-order valence-electron chi connectivity index (χ2n) is 4.76. The standard InChI is InChI=1S/C14H20ClNO.ClH/c1-11-9-13(4-5-14(11)15)17-8-6-12-3-2-7-16-10-12;/h4-5,9,12,16H,2-3,6-8,10H2,1H3;1H. The molecule has 0 amide bonds. The highest BCUT2D eigenvalue weighted by Gasteiger charge is 2.12. The quantitative estimate of drug-likeness (QED) is 0.909. The molecule has 0 saturated carbocycles. The second-order valence-corrected chi connectivity index (χ2v) is 5.17. The van der Waals surface area contributed by atoms with Crippen LogP contribution in [0.25, 0.3) is 0 Å². The first-order chi connectivity index (χ1) is 8.25. The minimum atomic E-state index is 0. The van der Waals surface area contributed by atoms with Crippen LogP contribution in [-0.4, -0.2) is 19.7 Å². The number of benzene rings is 1. The van der Waals surface area contributed by atoms with E-state index in [-0.39, 0.29) is 12.4 Å². The van der Waals surface area contributed by atoms with Gasteiger partial charge in [0.15, 0.2) is 0 Å². The van der Waals surface area contributed by atoms with E-state index in [1.165, 1.54) is 19.4 Å². The highest BCUT2D eigenvalue weighted by molar-refractivity contribution is 6.31. The lowest BCUT2D eigenvalue weighted by atomic mass is 9.97. The third-order valence-electron chi connectivity index (χ3n) is 3.32. The van der Waals surface area contributed by atoms with Crippen LogP contribution >= 0.6 is 24.0 Å². The summed E-state index contributed by atoms with van der Waals surface area (Å²) in [5.74, 6) is 1.70. The molecule has 0 aliphatic carbocycles. The number of hydrogen-bond donors (Lipinski definition) is 1. The van der Waals surface area contributed by atoms with Crippen molar-refractivity contribution in [2.24, 2.45) is 5.92 Å². The van der Waals surface area contributed by atoms with Gasteiger partial charge in [0.05, 0.1) is 6.61 Å². The largest absolute Gasteiger partial charge is 0.494 e. The van der Waals surface area contributed by atoms with E-state index in [1.807, 2.05) is 25.1 Å². The summed E-state index contributed by atoms with van der Waals surface area (Å²) in [4.78, 5) is 0.